The summed E-state index contributed by atoms with van der Waals surface area (Å²) in [5.41, 5.74) is 0.967. The van der Waals surface area contributed by atoms with Crippen molar-refractivity contribution in [3.05, 3.63) is 52.6 Å². The molecule has 3 nitrogen and oxygen atoms in total. The molecule has 0 saturated heterocycles. The van der Waals surface area contributed by atoms with Crippen molar-refractivity contribution in [1.29, 1.82) is 0 Å². The molecule has 4 heteroatoms. The molecule has 2 rings (SSSR count). The highest BCUT2D eigenvalue weighted by molar-refractivity contribution is 7.07. The quantitative estimate of drug-likeness (QED) is 0.842. The van der Waals surface area contributed by atoms with Gasteiger partial charge < -0.3 is 14.8 Å². The third kappa shape index (κ3) is 3.84. The molecule has 0 aliphatic rings. The van der Waals surface area contributed by atoms with Crippen molar-refractivity contribution in [1.82, 2.24) is 5.32 Å². The van der Waals surface area contributed by atoms with E-state index in [4.69, 9.17) is 4.42 Å². The maximum absolute atomic E-state index is 9.91. The molecule has 2 unspecified atom stereocenters. The molecule has 96 valence electrons. The summed E-state index contributed by atoms with van der Waals surface area (Å²) in [5, 5.41) is 17.1. The average molecular weight is 263 g/mol. The largest absolute Gasteiger partial charge is 0.465 e. The minimum absolute atomic E-state index is 0.184. The summed E-state index contributed by atoms with van der Waals surface area (Å²) in [5.74, 6) is 0.835. The zero-order valence-corrected chi connectivity index (χ0v) is 11.1. The molecule has 2 atom stereocenters. The van der Waals surface area contributed by atoms with Crippen LogP contribution in [0.25, 0.3) is 6.08 Å². The van der Waals surface area contributed by atoms with E-state index in [1.807, 2.05) is 48.0 Å². The Morgan fingerprint density at radius 3 is 3.06 bits per heavy atom. The lowest BCUT2D eigenvalue weighted by Gasteiger charge is -2.13. The van der Waals surface area contributed by atoms with Gasteiger partial charge in [0.2, 0.25) is 0 Å². The fraction of sp³-hybridized carbons (Fsp3) is 0.286. The van der Waals surface area contributed by atoms with Crippen molar-refractivity contribution in [2.45, 2.75) is 19.1 Å². The van der Waals surface area contributed by atoms with Gasteiger partial charge in [-0.1, -0.05) is 6.08 Å². The van der Waals surface area contributed by atoms with Crippen LogP contribution in [0.5, 0.6) is 0 Å². The summed E-state index contributed by atoms with van der Waals surface area (Å²) >= 11 is 1.60. The predicted octanol–water partition coefficient (Wildman–Crippen LogP) is 3.07. The van der Waals surface area contributed by atoms with Gasteiger partial charge in [-0.25, -0.2) is 0 Å². The van der Waals surface area contributed by atoms with Crippen molar-refractivity contribution in [3.8, 4) is 0 Å². The van der Waals surface area contributed by atoms with Crippen LogP contribution in [0.1, 0.15) is 24.4 Å². The predicted molar refractivity (Wildman–Crippen MR) is 74.5 cm³/mol. The van der Waals surface area contributed by atoms with Crippen molar-refractivity contribution < 1.29 is 9.52 Å². The van der Waals surface area contributed by atoms with Gasteiger partial charge in [0.25, 0.3) is 0 Å². The lowest BCUT2D eigenvalue weighted by molar-refractivity contribution is 0.173. The van der Waals surface area contributed by atoms with Crippen molar-refractivity contribution in [3.63, 3.8) is 0 Å². The summed E-state index contributed by atoms with van der Waals surface area (Å²) < 4.78 is 5.21. The second-order valence-corrected chi connectivity index (χ2v) is 4.92. The summed E-state index contributed by atoms with van der Waals surface area (Å²) in [7, 11) is 0. The Balaban J connectivity index is 1.76. The Bertz CT molecular complexity index is 462. The summed E-state index contributed by atoms with van der Waals surface area (Å²) in [6.45, 7) is 2.58. The maximum Gasteiger partial charge on any atom is 0.126 e. The lowest BCUT2D eigenvalue weighted by Crippen LogP contribution is -2.28. The summed E-state index contributed by atoms with van der Waals surface area (Å²) in [6, 6.07) is 5.89. The average Bonchev–Trinajstić information content (AvgIpc) is 3.05. The van der Waals surface area contributed by atoms with Crippen LogP contribution in [0.2, 0.25) is 0 Å². The van der Waals surface area contributed by atoms with E-state index in [0.717, 1.165) is 11.3 Å². The molecule has 0 aliphatic carbocycles. The van der Waals surface area contributed by atoms with E-state index >= 15 is 0 Å². The standard InChI is InChI=1S/C14H17NO2S/c1-11(4-5-13-3-2-7-17-13)15-9-14(16)12-6-8-18-10-12/h2-8,10-11,14-16H,9H2,1H3/b5-4+. The van der Waals surface area contributed by atoms with Gasteiger partial charge in [0.1, 0.15) is 5.76 Å². The number of nitrogens with one attached hydrogen (secondary N) is 1. The summed E-state index contributed by atoms with van der Waals surface area (Å²) in [4.78, 5) is 0. The molecular formula is C14H17NO2S. The van der Waals surface area contributed by atoms with E-state index in [-0.39, 0.29) is 6.04 Å². The molecule has 0 fully saturated rings. The van der Waals surface area contributed by atoms with Crippen molar-refractivity contribution in [2.75, 3.05) is 6.54 Å². The second-order valence-electron chi connectivity index (χ2n) is 4.14. The Morgan fingerprint density at radius 2 is 2.39 bits per heavy atom. The van der Waals surface area contributed by atoms with E-state index < -0.39 is 6.10 Å². The molecule has 0 aromatic carbocycles. The van der Waals surface area contributed by atoms with Crippen molar-refractivity contribution >= 4 is 17.4 Å². The van der Waals surface area contributed by atoms with Crippen LogP contribution in [0.3, 0.4) is 0 Å². The molecule has 0 bridgehead atoms. The van der Waals surface area contributed by atoms with Gasteiger partial charge in [-0.3, -0.25) is 0 Å². The zero-order valence-electron chi connectivity index (χ0n) is 10.2. The van der Waals surface area contributed by atoms with Crippen LogP contribution in [0, 0.1) is 0 Å². The third-order valence-corrected chi connectivity index (χ3v) is 3.35. The maximum atomic E-state index is 9.91. The number of aliphatic hydroxyl groups excluding tert-OH is 1. The number of hydrogen-bond donors (Lipinski definition) is 2. The molecule has 0 aliphatic heterocycles. The highest BCUT2D eigenvalue weighted by Gasteiger charge is 2.08. The van der Waals surface area contributed by atoms with Gasteiger partial charge in [-0.05, 0) is 47.5 Å². The van der Waals surface area contributed by atoms with Crippen LogP contribution in [0.15, 0.2) is 45.7 Å². The fourth-order valence-corrected chi connectivity index (χ4v) is 2.28. The Kier molecular flexibility index (Phi) is 4.75. The molecule has 0 amide bonds. The minimum Gasteiger partial charge on any atom is -0.465 e. The van der Waals surface area contributed by atoms with E-state index in [1.54, 1.807) is 17.6 Å². The number of rotatable bonds is 6. The van der Waals surface area contributed by atoms with Gasteiger partial charge in [0.05, 0.1) is 12.4 Å². The highest BCUT2D eigenvalue weighted by atomic mass is 32.1. The van der Waals surface area contributed by atoms with Crippen LogP contribution in [-0.2, 0) is 0 Å². The molecule has 2 N–H and O–H groups in total. The number of hydrogen-bond acceptors (Lipinski definition) is 4. The monoisotopic (exact) mass is 263 g/mol. The van der Waals surface area contributed by atoms with Gasteiger partial charge in [0, 0.05) is 12.6 Å². The van der Waals surface area contributed by atoms with Gasteiger partial charge in [0.15, 0.2) is 0 Å². The molecule has 18 heavy (non-hydrogen) atoms. The minimum atomic E-state index is -0.448. The molecule has 0 saturated carbocycles. The van der Waals surface area contributed by atoms with E-state index in [1.165, 1.54) is 0 Å². The SMILES string of the molecule is CC(/C=C/c1ccco1)NCC(O)c1ccsc1. The topological polar surface area (TPSA) is 45.4 Å². The van der Waals surface area contributed by atoms with Crippen molar-refractivity contribution in [2.24, 2.45) is 0 Å². The first-order valence-electron chi connectivity index (χ1n) is 5.91. The van der Waals surface area contributed by atoms with Gasteiger partial charge >= 0.3 is 0 Å². The smallest absolute Gasteiger partial charge is 0.126 e. The summed E-state index contributed by atoms with van der Waals surface area (Å²) in [6.07, 6.45) is 5.14. The lowest BCUT2D eigenvalue weighted by atomic mass is 10.2. The normalized spacial score (nSPS) is 15.0. The van der Waals surface area contributed by atoms with E-state index in [2.05, 4.69) is 5.32 Å². The first-order valence-corrected chi connectivity index (χ1v) is 6.85. The zero-order chi connectivity index (χ0) is 12.8. The van der Waals surface area contributed by atoms with Crippen LogP contribution >= 0.6 is 11.3 Å². The molecule has 2 heterocycles. The Hall–Kier alpha value is -1.36. The third-order valence-electron chi connectivity index (χ3n) is 2.65. The highest BCUT2D eigenvalue weighted by Crippen LogP contribution is 2.15. The van der Waals surface area contributed by atoms with Gasteiger partial charge in [-0.15, -0.1) is 0 Å². The van der Waals surface area contributed by atoms with Gasteiger partial charge in [-0.2, -0.15) is 11.3 Å². The fourth-order valence-electron chi connectivity index (χ4n) is 1.57. The first kappa shape index (κ1) is 13.1. The number of furan rings is 1. The second kappa shape index (κ2) is 6.54. The number of thiophene rings is 1. The van der Waals surface area contributed by atoms with Crippen LogP contribution < -0.4 is 5.32 Å². The van der Waals surface area contributed by atoms with Crippen LogP contribution in [-0.4, -0.2) is 17.7 Å². The van der Waals surface area contributed by atoms with E-state index in [0.29, 0.717) is 6.54 Å². The molecule has 2 aromatic heterocycles. The van der Waals surface area contributed by atoms with E-state index in [9.17, 15) is 5.11 Å². The number of aliphatic hydroxyl groups is 1. The molecule has 0 radical (unpaired) electrons. The molecule has 2 aromatic rings. The van der Waals surface area contributed by atoms with Crippen LogP contribution in [0.4, 0.5) is 0 Å². The molecule has 0 spiro atoms. The Labute approximate surface area is 111 Å². The molecular weight excluding hydrogens is 246 g/mol. The first-order chi connectivity index (χ1) is 8.75. The Morgan fingerprint density at radius 1 is 1.50 bits per heavy atom.